The number of esters is 1. The predicted molar refractivity (Wildman–Crippen MR) is 201 cm³/mol. The van der Waals surface area contributed by atoms with Crippen molar-refractivity contribution in [1.29, 1.82) is 0 Å². The molecule has 4 N–H and O–H groups in total. The van der Waals surface area contributed by atoms with Gasteiger partial charge >= 0.3 is 5.97 Å². The van der Waals surface area contributed by atoms with Crippen molar-refractivity contribution < 1.29 is 44.2 Å². The highest BCUT2D eigenvalue weighted by Gasteiger charge is 2.44. The van der Waals surface area contributed by atoms with Crippen molar-refractivity contribution in [3.63, 3.8) is 0 Å². The van der Waals surface area contributed by atoms with E-state index in [1.165, 1.54) is 103 Å². The van der Waals surface area contributed by atoms with Gasteiger partial charge in [-0.05, 0) is 44.9 Å². The first-order valence-electron chi connectivity index (χ1n) is 20.4. The molecule has 9 heteroatoms. The van der Waals surface area contributed by atoms with Crippen molar-refractivity contribution in [1.82, 2.24) is 0 Å². The molecule has 9 nitrogen and oxygen atoms in total. The molecule has 1 saturated heterocycles. The lowest BCUT2D eigenvalue weighted by Crippen LogP contribution is -2.59. The van der Waals surface area contributed by atoms with Crippen LogP contribution in [0.25, 0.3) is 0 Å². The van der Waals surface area contributed by atoms with Gasteiger partial charge in [-0.25, -0.2) is 0 Å². The zero-order valence-electron chi connectivity index (χ0n) is 31.9. The standard InChI is InChI=1S/C41H76O9/c1-3-5-7-9-11-13-14-15-16-17-18-19-20-21-22-24-26-28-30-37(43)49-35(33-47-31-29-27-25-23-12-10-8-6-4-2)34-48-41-40(46)39(45)38(44)36(32-42)50-41/h13-14,16-17,35-36,38-42,44-46H,3-12,15,18-34H2,1-2H3/b14-13-,17-16-. The van der Waals surface area contributed by atoms with Gasteiger partial charge in [0.05, 0.1) is 19.8 Å². The molecule has 0 spiro atoms. The smallest absolute Gasteiger partial charge is 0.306 e. The minimum Gasteiger partial charge on any atom is -0.457 e. The van der Waals surface area contributed by atoms with Gasteiger partial charge in [-0.15, -0.1) is 0 Å². The summed E-state index contributed by atoms with van der Waals surface area (Å²) in [4.78, 5) is 12.7. The van der Waals surface area contributed by atoms with Crippen LogP contribution in [0, 0.1) is 0 Å². The predicted octanol–water partition coefficient (Wildman–Crippen LogP) is 8.25. The number of aliphatic hydroxyl groups is 4. The summed E-state index contributed by atoms with van der Waals surface area (Å²) in [6.45, 7) is 4.52. The van der Waals surface area contributed by atoms with Crippen molar-refractivity contribution >= 4 is 5.97 Å². The summed E-state index contributed by atoms with van der Waals surface area (Å²) in [6, 6.07) is 0. The van der Waals surface area contributed by atoms with Gasteiger partial charge in [-0.2, -0.15) is 0 Å². The first kappa shape index (κ1) is 46.7. The van der Waals surface area contributed by atoms with Crippen LogP contribution in [0.4, 0.5) is 0 Å². The molecule has 1 aliphatic rings. The fraction of sp³-hybridized carbons (Fsp3) is 0.878. The molecule has 1 fully saturated rings. The molecule has 1 heterocycles. The lowest BCUT2D eigenvalue weighted by atomic mass is 9.99. The summed E-state index contributed by atoms with van der Waals surface area (Å²) in [7, 11) is 0. The quantitative estimate of drug-likeness (QED) is 0.0296. The van der Waals surface area contributed by atoms with Crippen LogP contribution in [0.3, 0.4) is 0 Å². The van der Waals surface area contributed by atoms with Crippen molar-refractivity contribution in [2.75, 3.05) is 26.4 Å². The lowest BCUT2D eigenvalue weighted by Gasteiger charge is -2.39. The third-order valence-corrected chi connectivity index (χ3v) is 9.37. The maximum Gasteiger partial charge on any atom is 0.306 e. The van der Waals surface area contributed by atoms with E-state index >= 15 is 0 Å². The van der Waals surface area contributed by atoms with E-state index < -0.39 is 43.4 Å². The van der Waals surface area contributed by atoms with E-state index in [2.05, 4.69) is 38.2 Å². The molecule has 1 aliphatic heterocycles. The zero-order valence-corrected chi connectivity index (χ0v) is 31.9. The van der Waals surface area contributed by atoms with E-state index in [9.17, 15) is 25.2 Å². The Morgan fingerprint density at radius 2 is 1.16 bits per heavy atom. The molecule has 0 aromatic carbocycles. The molecule has 0 radical (unpaired) electrons. The normalized spacial score (nSPS) is 21.8. The first-order chi connectivity index (χ1) is 24.4. The first-order valence-corrected chi connectivity index (χ1v) is 20.4. The summed E-state index contributed by atoms with van der Waals surface area (Å²) in [5.74, 6) is -0.322. The molecule has 0 bridgehead atoms. The Bertz CT molecular complexity index is 818. The average Bonchev–Trinajstić information content (AvgIpc) is 3.11. The van der Waals surface area contributed by atoms with Crippen molar-refractivity contribution in [2.24, 2.45) is 0 Å². The third kappa shape index (κ3) is 24.8. The Hall–Kier alpha value is -1.33. The Morgan fingerprint density at radius 3 is 1.74 bits per heavy atom. The number of carbonyl (C=O) groups is 1. The third-order valence-electron chi connectivity index (χ3n) is 9.37. The van der Waals surface area contributed by atoms with Crippen molar-refractivity contribution in [2.45, 2.75) is 205 Å². The second-order valence-corrected chi connectivity index (χ2v) is 14.1. The number of allylic oxidation sites excluding steroid dienone is 4. The molecule has 0 aliphatic carbocycles. The van der Waals surface area contributed by atoms with Crippen LogP contribution in [0.5, 0.6) is 0 Å². The second-order valence-electron chi connectivity index (χ2n) is 14.1. The number of unbranched alkanes of at least 4 members (excludes halogenated alkanes) is 19. The van der Waals surface area contributed by atoms with E-state index in [4.69, 9.17) is 18.9 Å². The molecule has 6 unspecified atom stereocenters. The molecule has 294 valence electrons. The molecular formula is C41H76O9. The van der Waals surface area contributed by atoms with Crippen molar-refractivity contribution in [3.8, 4) is 0 Å². The van der Waals surface area contributed by atoms with Gasteiger partial charge in [0.2, 0.25) is 0 Å². The van der Waals surface area contributed by atoms with Gasteiger partial charge in [0.15, 0.2) is 6.29 Å². The number of rotatable bonds is 34. The van der Waals surface area contributed by atoms with Crippen LogP contribution < -0.4 is 0 Å². The highest BCUT2D eigenvalue weighted by atomic mass is 16.7. The van der Waals surface area contributed by atoms with Crippen molar-refractivity contribution in [3.05, 3.63) is 24.3 Å². The Balaban J connectivity index is 2.28. The van der Waals surface area contributed by atoms with E-state index in [1.54, 1.807) is 0 Å². The van der Waals surface area contributed by atoms with Gasteiger partial charge < -0.3 is 39.4 Å². The number of carbonyl (C=O) groups excluding carboxylic acids is 1. The molecule has 1 rings (SSSR count). The minimum atomic E-state index is -1.53. The molecular weight excluding hydrogens is 636 g/mol. The van der Waals surface area contributed by atoms with E-state index in [1.807, 2.05) is 0 Å². The Morgan fingerprint density at radius 1 is 0.640 bits per heavy atom. The van der Waals surface area contributed by atoms with Crippen LogP contribution in [0.2, 0.25) is 0 Å². The number of hydrogen-bond donors (Lipinski definition) is 4. The maximum absolute atomic E-state index is 12.7. The van der Waals surface area contributed by atoms with E-state index in [0.29, 0.717) is 13.0 Å². The maximum atomic E-state index is 12.7. The summed E-state index contributed by atoms with van der Waals surface area (Å²) in [5, 5.41) is 39.9. The van der Waals surface area contributed by atoms with Gasteiger partial charge in [0.25, 0.3) is 0 Å². The van der Waals surface area contributed by atoms with Gasteiger partial charge in [0.1, 0.15) is 30.5 Å². The van der Waals surface area contributed by atoms with Crippen LogP contribution in [0.15, 0.2) is 24.3 Å². The molecule has 50 heavy (non-hydrogen) atoms. The molecule has 0 amide bonds. The molecule has 6 atom stereocenters. The minimum absolute atomic E-state index is 0.114. The van der Waals surface area contributed by atoms with Gasteiger partial charge in [-0.3, -0.25) is 4.79 Å². The molecule has 0 aromatic heterocycles. The molecule has 0 saturated carbocycles. The average molecular weight is 713 g/mol. The Labute approximate surface area is 305 Å². The van der Waals surface area contributed by atoms with Crippen LogP contribution >= 0.6 is 0 Å². The fourth-order valence-electron chi connectivity index (χ4n) is 6.11. The van der Waals surface area contributed by atoms with E-state index in [-0.39, 0.29) is 19.2 Å². The Kier molecular flexibility index (Phi) is 31.3. The fourth-order valence-corrected chi connectivity index (χ4v) is 6.11. The SMILES string of the molecule is CCCCCC/C=C\C/C=C\CCCCCCCCCC(=O)OC(COCCCCCCCCCCC)COC1OC(CO)C(O)C(O)C1O. The second kappa shape index (κ2) is 33.5. The highest BCUT2D eigenvalue weighted by Crippen LogP contribution is 2.22. The van der Waals surface area contributed by atoms with Gasteiger partial charge in [-0.1, -0.05) is 141 Å². The molecule has 0 aromatic rings. The number of ether oxygens (including phenoxy) is 4. The highest BCUT2D eigenvalue weighted by molar-refractivity contribution is 5.69. The van der Waals surface area contributed by atoms with Crippen LogP contribution in [0.1, 0.15) is 168 Å². The van der Waals surface area contributed by atoms with Crippen LogP contribution in [-0.2, 0) is 23.7 Å². The summed E-state index contributed by atoms with van der Waals surface area (Å²) in [6.07, 6.45) is 29.2. The number of hydrogen-bond acceptors (Lipinski definition) is 9. The topological polar surface area (TPSA) is 135 Å². The lowest BCUT2D eigenvalue weighted by molar-refractivity contribution is -0.305. The largest absolute Gasteiger partial charge is 0.457 e. The monoisotopic (exact) mass is 713 g/mol. The number of aliphatic hydroxyl groups excluding tert-OH is 4. The van der Waals surface area contributed by atoms with E-state index in [0.717, 1.165) is 44.9 Å². The summed E-state index contributed by atoms with van der Waals surface area (Å²) in [5.41, 5.74) is 0. The van der Waals surface area contributed by atoms with Gasteiger partial charge in [0, 0.05) is 13.0 Å². The summed E-state index contributed by atoms with van der Waals surface area (Å²) < 4.78 is 22.7. The summed E-state index contributed by atoms with van der Waals surface area (Å²) >= 11 is 0. The zero-order chi connectivity index (χ0) is 36.5. The van der Waals surface area contributed by atoms with Crippen LogP contribution in [-0.4, -0.2) is 89.6 Å².